The third kappa shape index (κ3) is 5.67. The van der Waals surface area contributed by atoms with Crippen molar-refractivity contribution in [1.29, 1.82) is 0 Å². The van der Waals surface area contributed by atoms with E-state index in [4.69, 9.17) is 4.74 Å². The van der Waals surface area contributed by atoms with Gasteiger partial charge in [0.1, 0.15) is 5.75 Å². The second-order valence-electron chi connectivity index (χ2n) is 7.59. The molecule has 164 valence electrons. The summed E-state index contributed by atoms with van der Waals surface area (Å²) in [6.07, 6.45) is 1.62. The first-order valence-electron chi connectivity index (χ1n) is 10.1. The molecular formula is C21H28F3N5O. The van der Waals surface area contributed by atoms with Gasteiger partial charge in [-0.3, -0.25) is 9.67 Å². The number of aryl methyl sites for hydroxylation is 2. The van der Waals surface area contributed by atoms with Crippen molar-refractivity contribution in [1.82, 2.24) is 20.4 Å². The molecule has 1 aromatic carbocycles. The molecule has 9 heteroatoms. The molecule has 1 aliphatic carbocycles. The Balaban J connectivity index is 1.62. The van der Waals surface area contributed by atoms with E-state index < -0.39 is 11.9 Å². The van der Waals surface area contributed by atoms with Crippen LogP contribution in [0, 0.1) is 6.92 Å². The van der Waals surface area contributed by atoms with Gasteiger partial charge in [-0.1, -0.05) is 12.1 Å². The predicted molar refractivity (Wildman–Crippen MR) is 109 cm³/mol. The zero-order valence-electron chi connectivity index (χ0n) is 17.5. The molecule has 1 saturated carbocycles. The fourth-order valence-corrected chi connectivity index (χ4v) is 3.59. The molecule has 0 spiro atoms. The van der Waals surface area contributed by atoms with Gasteiger partial charge >= 0.3 is 6.18 Å². The number of hydrogen-bond donors (Lipinski definition) is 2. The van der Waals surface area contributed by atoms with Gasteiger partial charge in [0.15, 0.2) is 11.7 Å². The lowest BCUT2D eigenvalue weighted by Gasteiger charge is -2.18. The van der Waals surface area contributed by atoms with Crippen LogP contribution in [-0.4, -0.2) is 28.9 Å². The number of hydrogen-bond acceptors (Lipinski definition) is 3. The normalized spacial score (nSPS) is 15.5. The Bertz CT molecular complexity index is 885. The Kier molecular flexibility index (Phi) is 6.89. The maximum absolute atomic E-state index is 13.1. The van der Waals surface area contributed by atoms with E-state index in [-0.39, 0.29) is 18.2 Å². The van der Waals surface area contributed by atoms with Gasteiger partial charge in [0, 0.05) is 44.5 Å². The number of guanidine groups is 1. The minimum Gasteiger partial charge on any atom is -0.490 e. The number of rotatable bonds is 6. The van der Waals surface area contributed by atoms with Crippen LogP contribution in [0.15, 0.2) is 29.4 Å². The van der Waals surface area contributed by atoms with Crippen LogP contribution in [0.1, 0.15) is 48.1 Å². The molecule has 30 heavy (non-hydrogen) atoms. The summed E-state index contributed by atoms with van der Waals surface area (Å²) in [5.74, 6) is 1.25. The molecule has 0 bridgehead atoms. The highest BCUT2D eigenvalue weighted by Gasteiger charge is 2.36. The number of aliphatic imine (C=N–C) groups is 1. The summed E-state index contributed by atoms with van der Waals surface area (Å²) in [7, 11) is 3.05. The molecule has 2 aromatic rings. The van der Waals surface area contributed by atoms with Gasteiger partial charge in [0.2, 0.25) is 0 Å². The molecule has 0 aliphatic heterocycles. The Morgan fingerprint density at radius 3 is 2.50 bits per heavy atom. The van der Waals surface area contributed by atoms with Gasteiger partial charge in [-0.2, -0.15) is 18.3 Å². The van der Waals surface area contributed by atoms with E-state index in [9.17, 15) is 13.2 Å². The summed E-state index contributed by atoms with van der Waals surface area (Å²) >= 11 is 0. The van der Waals surface area contributed by atoms with Crippen LogP contribution in [0.3, 0.4) is 0 Å². The van der Waals surface area contributed by atoms with Crippen molar-refractivity contribution in [3.05, 3.63) is 46.8 Å². The quantitative estimate of drug-likeness (QED) is 0.546. The first kappa shape index (κ1) is 22.0. The fraction of sp³-hybridized carbons (Fsp3) is 0.524. The van der Waals surface area contributed by atoms with Gasteiger partial charge in [0.05, 0.1) is 6.10 Å². The van der Waals surface area contributed by atoms with E-state index in [2.05, 4.69) is 20.7 Å². The Hall–Kier alpha value is -2.71. The SMILES string of the molecule is CN=C(NCc1ccc(C)cc1OC1CCCC1)NCc1cn(C)nc1C(F)(F)F. The largest absolute Gasteiger partial charge is 0.490 e. The summed E-state index contributed by atoms with van der Waals surface area (Å²) < 4.78 is 46.7. The maximum atomic E-state index is 13.1. The van der Waals surface area contributed by atoms with Gasteiger partial charge in [-0.15, -0.1) is 0 Å². The van der Waals surface area contributed by atoms with E-state index in [0.29, 0.717) is 12.5 Å². The summed E-state index contributed by atoms with van der Waals surface area (Å²) in [6, 6.07) is 6.04. The smallest absolute Gasteiger partial charge is 0.435 e. The van der Waals surface area contributed by atoms with E-state index in [1.165, 1.54) is 26.1 Å². The number of halogens is 3. The molecule has 0 amide bonds. The standard InChI is InChI=1S/C21H28F3N5O/c1-14-8-9-15(18(10-14)30-17-6-4-5-7-17)11-26-20(25-2)27-12-16-13-29(3)28-19(16)21(22,23)24/h8-10,13,17H,4-7,11-12H2,1-3H3,(H2,25,26,27). The highest BCUT2D eigenvalue weighted by atomic mass is 19.4. The number of alkyl halides is 3. The number of aromatic nitrogens is 2. The second kappa shape index (κ2) is 9.40. The number of benzene rings is 1. The first-order valence-corrected chi connectivity index (χ1v) is 10.1. The Morgan fingerprint density at radius 2 is 1.87 bits per heavy atom. The van der Waals surface area contributed by atoms with Crippen molar-refractivity contribution in [2.24, 2.45) is 12.0 Å². The highest BCUT2D eigenvalue weighted by Crippen LogP contribution is 2.30. The number of nitrogens with one attached hydrogen (secondary N) is 2. The number of nitrogens with zero attached hydrogens (tertiary/aromatic N) is 3. The molecule has 6 nitrogen and oxygen atoms in total. The van der Waals surface area contributed by atoms with Gasteiger partial charge < -0.3 is 15.4 Å². The van der Waals surface area contributed by atoms with Crippen molar-refractivity contribution >= 4 is 5.96 Å². The summed E-state index contributed by atoms with van der Waals surface area (Å²) in [5, 5.41) is 9.61. The lowest BCUT2D eigenvalue weighted by molar-refractivity contribution is -0.142. The van der Waals surface area contributed by atoms with Gasteiger partial charge in [0.25, 0.3) is 0 Å². The maximum Gasteiger partial charge on any atom is 0.435 e. The third-order valence-corrected chi connectivity index (χ3v) is 5.11. The average Bonchev–Trinajstić information content (AvgIpc) is 3.32. The molecule has 2 N–H and O–H groups in total. The highest BCUT2D eigenvalue weighted by molar-refractivity contribution is 5.79. The minimum absolute atomic E-state index is 0.0400. The number of ether oxygens (including phenoxy) is 1. The summed E-state index contributed by atoms with van der Waals surface area (Å²) in [5.41, 5.74) is 1.27. The summed E-state index contributed by atoms with van der Waals surface area (Å²) in [6.45, 7) is 2.42. The van der Waals surface area contributed by atoms with Crippen molar-refractivity contribution in [3.8, 4) is 5.75 Å². The molecule has 1 aromatic heterocycles. The van der Waals surface area contributed by atoms with Crippen LogP contribution in [0.4, 0.5) is 13.2 Å². The van der Waals surface area contributed by atoms with Crippen molar-refractivity contribution in [3.63, 3.8) is 0 Å². The Labute approximate surface area is 174 Å². The van der Waals surface area contributed by atoms with E-state index in [0.717, 1.165) is 34.4 Å². The molecular weight excluding hydrogens is 395 g/mol. The minimum atomic E-state index is -4.50. The second-order valence-corrected chi connectivity index (χ2v) is 7.59. The van der Waals surface area contributed by atoms with Crippen LogP contribution >= 0.6 is 0 Å². The van der Waals surface area contributed by atoms with Gasteiger partial charge in [-0.25, -0.2) is 0 Å². The zero-order chi connectivity index (χ0) is 21.7. The average molecular weight is 423 g/mol. The molecule has 1 fully saturated rings. The van der Waals surface area contributed by atoms with Crippen LogP contribution in [-0.2, 0) is 26.3 Å². The monoisotopic (exact) mass is 423 g/mol. The van der Waals surface area contributed by atoms with Crippen molar-refractivity contribution < 1.29 is 17.9 Å². The molecule has 1 heterocycles. The fourth-order valence-electron chi connectivity index (χ4n) is 3.59. The summed E-state index contributed by atoms with van der Waals surface area (Å²) in [4.78, 5) is 4.11. The first-order chi connectivity index (χ1) is 14.3. The third-order valence-electron chi connectivity index (χ3n) is 5.11. The van der Waals surface area contributed by atoms with Crippen molar-refractivity contribution in [2.75, 3.05) is 7.05 Å². The molecule has 0 unspecified atom stereocenters. The van der Waals surface area contributed by atoms with Crippen molar-refractivity contribution in [2.45, 2.75) is 58.0 Å². The van der Waals surface area contributed by atoms with Crippen LogP contribution in [0.25, 0.3) is 0 Å². The Morgan fingerprint density at radius 1 is 1.20 bits per heavy atom. The van der Waals surface area contributed by atoms with E-state index >= 15 is 0 Å². The lowest BCUT2D eigenvalue weighted by atomic mass is 10.1. The zero-order valence-corrected chi connectivity index (χ0v) is 17.5. The van der Waals surface area contributed by atoms with Crippen LogP contribution in [0.2, 0.25) is 0 Å². The molecule has 0 saturated heterocycles. The topological polar surface area (TPSA) is 63.5 Å². The van der Waals surface area contributed by atoms with E-state index in [1.807, 2.05) is 25.1 Å². The predicted octanol–water partition coefficient (Wildman–Crippen LogP) is 3.93. The van der Waals surface area contributed by atoms with Gasteiger partial charge in [-0.05, 0) is 44.2 Å². The molecule has 0 atom stereocenters. The lowest BCUT2D eigenvalue weighted by Crippen LogP contribution is -2.36. The molecule has 3 rings (SSSR count). The molecule has 1 aliphatic rings. The van der Waals surface area contributed by atoms with Crippen LogP contribution < -0.4 is 15.4 Å². The molecule has 0 radical (unpaired) electrons. The van der Waals surface area contributed by atoms with E-state index in [1.54, 1.807) is 7.05 Å². The van der Waals surface area contributed by atoms with Crippen LogP contribution in [0.5, 0.6) is 5.75 Å².